The van der Waals surface area contributed by atoms with Crippen LogP contribution in [0.3, 0.4) is 0 Å². The highest BCUT2D eigenvalue weighted by Gasteiger charge is 2.34. The van der Waals surface area contributed by atoms with Gasteiger partial charge in [0.15, 0.2) is 0 Å². The van der Waals surface area contributed by atoms with Crippen LogP contribution in [0.4, 0.5) is 0 Å². The second kappa shape index (κ2) is 8.72. The molecule has 0 aliphatic carbocycles. The number of pyridine rings is 1. The van der Waals surface area contributed by atoms with E-state index in [0.29, 0.717) is 11.6 Å². The lowest BCUT2D eigenvalue weighted by Crippen LogP contribution is -2.43. The highest BCUT2D eigenvalue weighted by molar-refractivity contribution is 6.05. The van der Waals surface area contributed by atoms with Crippen molar-refractivity contribution in [3.63, 3.8) is 0 Å². The molecule has 1 aliphatic rings. The molecule has 150 valence electrons. The first kappa shape index (κ1) is 19.6. The van der Waals surface area contributed by atoms with Crippen molar-refractivity contribution in [1.29, 1.82) is 0 Å². The van der Waals surface area contributed by atoms with E-state index in [1.165, 1.54) is 5.56 Å². The SMILES string of the molecule is CN(C)C[C@@H]1CN(Cc2ccccc2)C[C@H]1NC(=O)c1nccc2ccccc12. The Kier molecular flexibility index (Phi) is 5.88. The topological polar surface area (TPSA) is 48.5 Å². The second-order valence-corrected chi connectivity index (χ2v) is 8.16. The molecule has 1 N–H and O–H groups in total. The lowest BCUT2D eigenvalue weighted by molar-refractivity contribution is 0.0923. The first-order chi connectivity index (χ1) is 14.1. The first-order valence-corrected chi connectivity index (χ1v) is 10.2. The maximum absolute atomic E-state index is 13.1. The molecule has 2 heterocycles. The quantitative estimate of drug-likeness (QED) is 0.705. The molecule has 4 rings (SSSR count). The molecule has 5 nitrogen and oxygen atoms in total. The Morgan fingerprint density at radius 1 is 1.07 bits per heavy atom. The number of benzene rings is 2. The van der Waals surface area contributed by atoms with Gasteiger partial charge in [0.05, 0.1) is 0 Å². The first-order valence-electron chi connectivity index (χ1n) is 10.2. The zero-order valence-corrected chi connectivity index (χ0v) is 17.1. The van der Waals surface area contributed by atoms with Crippen LogP contribution in [0.25, 0.3) is 10.8 Å². The lowest BCUT2D eigenvalue weighted by Gasteiger charge is -2.23. The molecule has 2 aromatic carbocycles. The number of carbonyl (C=O) groups is 1. The summed E-state index contributed by atoms with van der Waals surface area (Å²) in [6.07, 6.45) is 1.71. The van der Waals surface area contributed by atoms with Gasteiger partial charge in [0.2, 0.25) is 0 Å². The molecule has 2 atom stereocenters. The Morgan fingerprint density at radius 3 is 2.62 bits per heavy atom. The normalized spacial score (nSPS) is 19.7. The number of nitrogens with zero attached hydrogens (tertiary/aromatic N) is 3. The molecule has 1 fully saturated rings. The molecular formula is C24H28N4O. The highest BCUT2D eigenvalue weighted by atomic mass is 16.2. The number of nitrogens with one attached hydrogen (secondary N) is 1. The molecule has 3 aromatic rings. The van der Waals surface area contributed by atoms with Crippen LogP contribution in [0.15, 0.2) is 66.9 Å². The smallest absolute Gasteiger partial charge is 0.270 e. The van der Waals surface area contributed by atoms with Crippen LogP contribution in [-0.4, -0.2) is 60.5 Å². The largest absolute Gasteiger partial charge is 0.346 e. The van der Waals surface area contributed by atoms with Crippen LogP contribution in [0, 0.1) is 5.92 Å². The number of rotatable bonds is 6. The fourth-order valence-electron chi connectivity index (χ4n) is 4.29. The molecule has 1 aliphatic heterocycles. The van der Waals surface area contributed by atoms with Crippen LogP contribution >= 0.6 is 0 Å². The summed E-state index contributed by atoms with van der Waals surface area (Å²) in [4.78, 5) is 22.1. The summed E-state index contributed by atoms with van der Waals surface area (Å²) >= 11 is 0. The van der Waals surface area contributed by atoms with Gasteiger partial charge in [-0.25, -0.2) is 0 Å². The number of likely N-dealkylation sites (tertiary alicyclic amines) is 1. The van der Waals surface area contributed by atoms with Crippen molar-refractivity contribution >= 4 is 16.7 Å². The average Bonchev–Trinajstić information content (AvgIpc) is 3.08. The van der Waals surface area contributed by atoms with Gasteiger partial charge in [-0.05, 0) is 31.1 Å². The Labute approximate surface area is 172 Å². The van der Waals surface area contributed by atoms with E-state index in [9.17, 15) is 4.79 Å². The van der Waals surface area contributed by atoms with Crippen LogP contribution in [0.2, 0.25) is 0 Å². The van der Waals surface area contributed by atoms with E-state index < -0.39 is 0 Å². The molecule has 0 radical (unpaired) electrons. The summed E-state index contributed by atoms with van der Waals surface area (Å²) in [6, 6.07) is 20.5. The van der Waals surface area contributed by atoms with Gasteiger partial charge in [0, 0.05) is 49.7 Å². The molecule has 0 unspecified atom stereocenters. The number of fused-ring (bicyclic) bond motifs is 1. The molecule has 0 spiro atoms. The summed E-state index contributed by atoms with van der Waals surface area (Å²) in [6.45, 7) is 3.67. The van der Waals surface area contributed by atoms with Crippen molar-refractivity contribution < 1.29 is 4.79 Å². The van der Waals surface area contributed by atoms with E-state index >= 15 is 0 Å². The zero-order valence-electron chi connectivity index (χ0n) is 17.1. The predicted octanol–water partition coefficient (Wildman–Crippen LogP) is 3.03. The second-order valence-electron chi connectivity index (χ2n) is 8.16. The van der Waals surface area contributed by atoms with Crippen molar-refractivity contribution in [2.24, 2.45) is 5.92 Å². The molecule has 1 amide bonds. The Morgan fingerprint density at radius 2 is 1.83 bits per heavy atom. The van der Waals surface area contributed by atoms with Gasteiger partial charge < -0.3 is 10.2 Å². The Bertz CT molecular complexity index is 968. The molecule has 29 heavy (non-hydrogen) atoms. The third-order valence-electron chi connectivity index (χ3n) is 5.57. The molecule has 1 saturated heterocycles. The maximum atomic E-state index is 13.1. The summed E-state index contributed by atoms with van der Waals surface area (Å²) < 4.78 is 0. The third kappa shape index (κ3) is 4.63. The van der Waals surface area contributed by atoms with Gasteiger partial charge in [-0.15, -0.1) is 0 Å². The number of aromatic nitrogens is 1. The maximum Gasteiger partial charge on any atom is 0.270 e. The number of hydrogen-bond donors (Lipinski definition) is 1. The van der Waals surface area contributed by atoms with E-state index in [4.69, 9.17) is 0 Å². The molecule has 5 heteroatoms. The fourth-order valence-corrected chi connectivity index (χ4v) is 4.29. The number of carbonyl (C=O) groups excluding carboxylic acids is 1. The predicted molar refractivity (Wildman–Crippen MR) is 117 cm³/mol. The minimum absolute atomic E-state index is 0.0860. The van der Waals surface area contributed by atoms with Gasteiger partial charge in [-0.3, -0.25) is 14.7 Å². The summed E-state index contributed by atoms with van der Waals surface area (Å²) in [5.41, 5.74) is 1.81. The van der Waals surface area contributed by atoms with Crippen molar-refractivity contribution in [2.75, 3.05) is 33.7 Å². The molecular weight excluding hydrogens is 360 g/mol. The van der Waals surface area contributed by atoms with Crippen LogP contribution in [0.1, 0.15) is 16.1 Å². The molecule has 0 bridgehead atoms. The van der Waals surface area contributed by atoms with Crippen LogP contribution in [0.5, 0.6) is 0 Å². The average molecular weight is 389 g/mol. The van der Waals surface area contributed by atoms with Crippen molar-refractivity contribution in [3.8, 4) is 0 Å². The van der Waals surface area contributed by atoms with E-state index in [1.54, 1.807) is 6.20 Å². The number of amides is 1. The number of hydrogen-bond acceptors (Lipinski definition) is 4. The van der Waals surface area contributed by atoms with Gasteiger partial charge in [-0.1, -0.05) is 54.6 Å². The van der Waals surface area contributed by atoms with Crippen LogP contribution < -0.4 is 5.32 Å². The van der Waals surface area contributed by atoms with E-state index in [2.05, 4.69) is 58.5 Å². The third-order valence-corrected chi connectivity index (χ3v) is 5.57. The van der Waals surface area contributed by atoms with Gasteiger partial charge in [0.25, 0.3) is 5.91 Å². The summed E-state index contributed by atoms with van der Waals surface area (Å²) in [5.74, 6) is 0.296. The minimum Gasteiger partial charge on any atom is -0.346 e. The minimum atomic E-state index is -0.0860. The van der Waals surface area contributed by atoms with Crippen LogP contribution in [-0.2, 0) is 6.54 Å². The zero-order chi connectivity index (χ0) is 20.2. The van der Waals surface area contributed by atoms with E-state index in [0.717, 1.165) is 37.0 Å². The molecule has 0 saturated carbocycles. The summed E-state index contributed by atoms with van der Waals surface area (Å²) in [5, 5.41) is 5.22. The van der Waals surface area contributed by atoms with E-state index in [1.807, 2.05) is 36.4 Å². The molecule has 1 aromatic heterocycles. The van der Waals surface area contributed by atoms with Gasteiger partial charge >= 0.3 is 0 Å². The highest BCUT2D eigenvalue weighted by Crippen LogP contribution is 2.22. The van der Waals surface area contributed by atoms with Gasteiger partial charge in [0.1, 0.15) is 5.69 Å². The van der Waals surface area contributed by atoms with Crippen molar-refractivity contribution in [2.45, 2.75) is 12.6 Å². The Balaban J connectivity index is 1.51. The fraction of sp³-hybridized carbons (Fsp3) is 0.333. The standard InChI is InChI=1S/C24H28N4O/c1-27(2)15-20-16-28(14-18-8-4-3-5-9-18)17-22(20)26-24(29)23-21-11-7-6-10-19(21)12-13-25-23/h3-13,20,22H,14-17H2,1-2H3,(H,26,29)/t20-,22-/m1/s1. The van der Waals surface area contributed by atoms with Crippen molar-refractivity contribution in [3.05, 3.63) is 78.1 Å². The lowest BCUT2D eigenvalue weighted by atomic mass is 10.0. The van der Waals surface area contributed by atoms with E-state index in [-0.39, 0.29) is 11.9 Å². The van der Waals surface area contributed by atoms with Gasteiger partial charge in [-0.2, -0.15) is 0 Å². The Hall–Kier alpha value is -2.76. The summed E-state index contributed by atoms with van der Waals surface area (Å²) in [7, 11) is 4.18. The monoisotopic (exact) mass is 388 g/mol. The van der Waals surface area contributed by atoms with Crippen molar-refractivity contribution in [1.82, 2.24) is 20.1 Å².